The molecule has 4 rings (SSSR count). The van der Waals surface area contributed by atoms with Crippen LogP contribution in [-0.2, 0) is 0 Å². The van der Waals surface area contributed by atoms with Crippen LogP contribution in [0.5, 0.6) is 0 Å². The van der Waals surface area contributed by atoms with E-state index < -0.39 is 0 Å². The molecule has 3 aromatic rings. The molecule has 0 bridgehead atoms. The van der Waals surface area contributed by atoms with Crippen LogP contribution in [0.3, 0.4) is 0 Å². The van der Waals surface area contributed by atoms with Gasteiger partial charge in [-0.15, -0.1) is 0 Å². The number of hydrogen-bond donors (Lipinski definition) is 1. The maximum atomic E-state index is 6.15. The number of anilines is 1. The summed E-state index contributed by atoms with van der Waals surface area (Å²) in [6.07, 6.45) is 5.88. The van der Waals surface area contributed by atoms with Crippen molar-refractivity contribution < 1.29 is 0 Å². The van der Waals surface area contributed by atoms with E-state index >= 15 is 0 Å². The van der Waals surface area contributed by atoms with Gasteiger partial charge >= 0.3 is 0 Å². The number of benzene rings is 2. The maximum absolute atomic E-state index is 6.15. The standard InChI is InChI=1S/C19H15ClN4S/c20-13-16(14-6-2-1-3-7-14)15-8-9-17-18(12-15)24(19(21)22-17)23-10-4-5-11-25-23/h1-13H,(H2,21,22). The van der Waals surface area contributed by atoms with Gasteiger partial charge in [0.05, 0.1) is 11.0 Å². The zero-order chi connectivity index (χ0) is 17.2. The van der Waals surface area contributed by atoms with Gasteiger partial charge in [0.1, 0.15) is 0 Å². The first kappa shape index (κ1) is 15.9. The summed E-state index contributed by atoms with van der Waals surface area (Å²) in [6.45, 7) is 0. The highest BCUT2D eigenvalue weighted by Crippen LogP contribution is 2.30. The van der Waals surface area contributed by atoms with Gasteiger partial charge < -0.3 is 5.73 Å². The Hall–Kier alpha value is -2.63. The minimum Gasteiger partial charge on any atom is -0.368 e. The van der Waals surface area contributed by atoms with E-state index in [-0.39, 0.29) is 0 Å². The third-order valence-corrected chi connectivity index (χ3v) is 4.93. The fourth-order valence-corrected chi connectivity index (χ4v) is 3.73. The lowest BCUT2D eigenvalue weighted by atomic mass is 9.99. The molecule has 0 atom stereocenters. The van der Waals surface area contributed by atoms with Crippen molar-refractivity contribution in [1.29, 1.82) is 0 Å². The predicted molar refractivity (Wildman–Crippen MR) is 108 cm³/mol. The lowest BCUT2D eigenvalue weighted by molar-refractivity contribution is 0.915. The second-order valence-electron chi connectivity index (χ2n) is 5.45. The number of rotatable bonds is 3. The molecule has 124 valence electrons. The summed E-state index contributed by atoms with van der Waals surface area (Å²) in [6, 6.07) is 16.1. The summed E-state index contributed by atoms with van der Waals surface area (Å²) in [5.41, 5.74) is 12.6. The highest BCUT2D eigenvalue weighted by Gasteiger charge is 2.15. The second-order valence-corrected chi connectivity index (χ2v) is 6.53. The first-order valence-electron chi connectivity index (χ1n) is 7.72. The van der Waals surface area contributed by atoms with Crippen molar-refractivity contribution in [3.8, 4) is 0 Å². The molecular formula is C19H15ClN4S. The van der Waals surface area contributed by atoms with Gasteiger partial charge in [-0.1, -0.05) is 54.1 Å². The molecule has 2 N–H and O–H groups in total. The number of nitrogen functional groups attached to an aromatic ring is 1. The number of hydrogen-bond acceptors (Lipinski definition) is 4. The van der Waals surface area contributed by atoms with Crippen LogP contribution in [0, 0.1) is 0 Å². The van der Waals surface area contributed by atoms with Crippen molar-refractivity contribution in [2.24, 2.45) is 0 Å². The van der Waals surface area contributed by atoms with E-state index in [1.807, 2.05) is 75.3 Å². The Kier molecular flexibility index (Phi) is 4.26. The fourth-order valence-electron chi connectivity index (χ4n) is 2.78. The van der Waals surface area contributed by atoms with Gasteiger partial charge in [-0.05, 0) is 34.7 Å². The second kappa shape index (κ2) is 6.70. The van der Waals surface area contributed by atoms with Crippen LogP contribution in [0.4, 0.5) is 5.95 Å². The molecule has 0 amide bonds. The van der Waals surface area contributed by atoms with Crippen LogP contribution in [0.2, 0.25) is 0 Å². The van der Waals surface area contributed by atoms with Gasteiger partial charge in [-0.25, -0.2) is 14.1 Å². The molecule has 0 spiro atoms. The first-order chi connectivity index (χ1) is 12.3. The first-order valence-corrected chi connectivity index (χ1v) is 8.99. The number of nitrogens with two attached hydrogens (primary N) is 1. The molecule has 0 saturated carbocycles. The molecule has 25 heavy (non-hydrogen) atoms. The largest absolute Gasteiger partial charge is 0.368 e. The van der Waals surface area contributed by atoms with Crippen molar-refractivity contribution in [3.05, 3.63) is 89.0 Å². The molecule has 1 aliphatic rings. The van der Waals surface area contributed by atoms with Crippen LogP contribution in [0.1, 0.15) is 11.1 Å². The Morgan fingerprint density at radius 1 is 1.08 bits per heavy atom. The highest BCUT2D eigenvalue weighted by atomic mass is 35.5. The predicted octanol–water partition coefficient (Wildman–Crippen LogP) is 4.87. The van der Waals surface area contributed by atoms with E-state index in [0.29, 0.717) is 5.95 Å². The fraction of sp³-hybridized carbons (Fsp3) is 0. The zero-order valence-electron chi connectivity index (χ0n) is 13.2. The molecule has 0 radical (unpaired) electrons. The Balaban J connectivity index is 1.84. The molecule has 0 fully saturated rings. The van der Waals surface area contributed by atoms with Gasteiger partial charge in [0.25, 0.3) is 0 Å². The van der Waals surface area contributed by atoms with Gasteiger partial charge in [0.2, 0.25) is 5.95 Å². The number of imidazole rings is 1. The van der Waals surface area contributed by atoms with Crippen molar-refractivity contribution in [3.63, 3.8) is 0 Å². The zero-order valence-corrected chi connectivity index (χ0v) is 14.8. The molecule has 4 nitrogen and oxygen atoms in total. The Morgan fingerprint density at radius 3 is 2.64 bits per heavy atom. The van der Waals surface area contributed by atoms with Gasteiger partial charge in [0.15, 0.2) is 0 Å². The number of halogens is 1. The van der Waals surface area contributed by atoms with Crippen molar-refractivity contribution >= 4 is 46.1 Å². The SMILES string of the molecule is Nc1nc2ccc(C(=CCl)c3ccccc3)cc2n1N1C=CC=CS1. The van der Waals surface area contributed by atoms with E-state index in [2.05, 4.69) is 11.1 Å². The Bertz CT molecular complexity index is 1000. The molecule has 1 aromatic heterocycles. The molecule has 6 heteroatoms. The smallest absolute Gasteiger partial charge is 0.221 e. The van der Waals surface area contributed by atoms with E-state index in [1.54, 1.807) is 5.54 Å². The quantitative estimate of drug-likeness (QED) is 0.671. The van der Waals surface area contributed by atoms with E-state index in [9.17, 15) is 0 Å². The molecular weight excluding hydrogens is 352 g/mol. The summed E-state index contributed by atoms with van der Waals surface area (Å²) in [4.78, 5) is 4.46. The average Bonchev–Trinajstić information content (AvgIpc) is 2.99. The Labute approximate surface area is 155 Å². The summed E-state index contributed by atoms with van der Waals surface area (Å²) < 4.78 is 3.83. The van der Waals surface area contributed by atoms with Gasteiger partial charge in [-0.3, -0.25) is 0 Å². The molecule has 1 aliphatic heterocycles. The third kappa shape index (κ3) is 2.92. The summed E-state index contributed by atoms with van der Waals surface area (Å²) in [5.74, 6) is 0.440. The number of aromatic nitrogens is 2. The van der Waals surface area contributed by atoms with Crippen LogP contribution < -0.4 is 10.1 Å². The molecule has 0 unspecified atom stereocenters. The molecule has 0 saturated heterocycles. The Morgan fingerprint density at radius 2 is 1.92 bits per heavy atom. The summed E-state index contributed by atoms with van der Waals surface area (Å²) in [5, 5.41) is 1.99. The number of allylic oxidation sites excluding steroid dienone is 2. The summed E-state index contributed by atoms with van der Waals surface area (Å²) >= 11 is 7.67. The topological polar surface area (TPSA) is 47.1 Å². The van der Waals surface area contributed by atoms with Crippen LogP contribution in [0.15, 0.2) is 77.8 Å². The van der Waals surface area contributed by atoms with Crippen LogP contribution in [0.25, 0.3) is 16.6 Å². The van der Waals surface area contributed by atoms with Gasteiger partial charge in [-0.2, -0.15) is 0 Å². The lowest BCUT2D eigenvalue weighted by Gasteiger charge is -2.21. The number of nitrogens with zero attached hydrogens (tertiary/aromatic N) is 3. The lowest BCUT2D eigenvalue weighted by Crippen LogP contribution is -2.23. The summed E-state index contributed by atoms with van der Waals surface area (Å²) in [7, 11) is 0. The van der Waals surface area contributed by atoms with Crippen molar-refractivity contribution in [2.45, 2.75) is 0 Å². The van der Waals surface area contributed by atoms with E-state index in [1.165, 1.54) is 11.9 Å². The minimum absolute atomic E-state index is 0.440. The van der Waals surface area contributed by atoms with Crippen molar-refractivity contribution in [1.82, 2.24) is 9.66 Å². The third-order valence-electron chi connectivity index (χ3n) is 3.93. The van der Waals surface area contributed by atoms with Gasteiger partial charge in [0, 0.05) is 29.3 Å². The van der Waals surface area contributed by atoms with Crippen LogP contribution >= 0.6 is 23.5 Å². The van der Waals surface area contributed by atoms with E-state index in [0.717, 1.165) is 27.7 Å². The number of fused-ring (bicyclic) bond motifs is 1. The highest BCUT2D eigenvalue weighted by molar-refractivity contribution is 8.03. The van der Waals surface area contributed by atoms with Crippen molar-refractivity contribution in [2.75, 3.05) is 10.1 Å². The van der Waals surface area contributed by atoms with E-state index in [4.69, 9.17) is 17.3 Å². The minimum atomic E-state index is 0.440. The average molecular weight is 367 g/mol. The molecule has 2 aromatic carbocycles. The normalized spacial score (nSPS) is 14.4. The maximum Gasteiger partial charge on any atom is 0.221 e. The van der Waals surface area contributed by atoms with Crippen LogP contribution in [-0.4, -0.2) is 9.66 Å². The molecule has 0 aliphatic carbocycles. The monoisotopic (exact) mass is 366 g/mol. The molecule has 2 heterocycles.